The summed E-state index contributed by atoms with van der Waals surface area (Å²) < 4.78 is 0. The van der Waals surface area contributed by atoms with Crippen LogP contribution < -0.4 is 0 Å². The summed E-state index contributed by atoms with van der Waals surface area (Å²) in [5.41, 5.74) is 0. The van der Waals surface area contributed by atoms with Crippen LogP contribution in [0.5, 0.6) is 0 Å². The lowest BCUT2D eigenvalue weighted by molar-refractivity contribution is 0.00711. The summed E-state index contributed by atoms with van der Waals surface area (Å²) in [6.45, 7) is 4.56. The molecule has 0 aliphatic rings. The summed E-state index contributed by atoms with van der Waals surface area (Å²) in [6, 6.07) is 0. The molecule has 0 aromatic carbocycles. The van der Waals surface area contributed by atoms with E-state index in [1.54, 1.807) is 0 Å². The van der Waals surface area contributed by atoms with E-state index < -0.39 is 12.2 Å². The van der Waals surface area contributed by atoms with Crippen LogP contribution in [0.15, 0.2) is 0 Å². The lowest BCUT2D eigenvalue weighted by Gasteiger charge is -2.17. The molecule has 2 unspecified atom stereocenters. The molecule has 0 fully saturated rings. The van der Waals surface area contributed by atoms with E-state index in [1.807, 2.05) is 0 Å². The van der Waals surface area contributed by atoms with Crippen LogP contribution in [0.2, 0.25) is 0 Å². The lowest BCUT2D eigenvalue weighted by Crippen LogP contribution is -2.25. The third-order valence-electron chi connectivity index (χ3n) is 7.65. The van der Waals surface area contributed by atoms with E-state index in [1.165, 1.54) is 154 Å². The first-order chi connectivity index (χ1) is 16.7. The second-order valence-corrected chi connectivity index (χ2v) is 11.2. The Morgan fingerprint density at radius 2 is 0.471 bits per heavy atom. The van der Waals surface area contributed by atoms with Gasteiger partial charge in [0.05, 0.1) is 12.2 Å². The van der Waals surface area contributed by atoms with Gasteiger partial charge in [0.2, 0.25) is 0 Å². The van der Waals surface area contributed by atoms with Crippen molar-refractivity contribution in [2.24, 2.45) is 0 Å². The van der Waals surface area contributed by atoms with Crippen molar-refractivity contribution in [1.29, 1.82) is 0 Å². The molecule has 0 saturated heterocycles. The van der Waals surface area contributed by atoms with Crippen molar-refractivity contribution in [3.05, 3.63) is 0 Å². The summed E-state index contributed by atoms with van der Waals surface area (Å²) in [4.78, 5) is 0. The van der Waals surface area contributed by atoms with Gasteiger partial charge in [0.1, 0.15) is 0 Å². The van der Waals surface area contributed by atoms with Gasteiger partial charge in [0.15, 0.2) is 0 Å². The second-order valence-electron chi connectivity index (χ2n) is 11.2. The molecule has 2 N–H and O–H groups in total. The van der Waals surface area contributed by atoms with Gasteiger partial charge in [-0.15, -0.1) is 0 Å². The minimum atomic E-state index is -0.509. The fourth-order valence-electron chi connectivity index (χ4n) is 5.13. The smallest absolute Gasteiger partial charge is 0.0799 e. The van der Waals surface area contributed by atoms with Crippen LogP contribution in [0.25, 0.3) is 0 Å². The summed E-state index contributed by atoms with van der Waals surface area (Å²) >= 11 is 0. The van der Waals surface area contributed by atoms with Crippen molar-refractivity contribution in [2.45, 2.75) is 206 Å². The van der Waals surface area contributed by atoms with Gasteiger partial charge in [-0.25, -0.2) is 0 Å². The average Bonchev–Trinajstić information content (AvgIpc) is 2.84. The van der Waals surface area contributed by atoms with Crippen LogP contribution in [0, 0.1) is 0 Å². The quantitative estimate of drug-likeness (QED) is 0.104. The topological polar surface area (TPSA) is 40.5 Å². The minimum absolute atomic E-state index is 0.509. The van der Waals surface area contributed by atoms with E-state index in [0.717, 1.165) is 25.7 Å². The van der Waals surface area contributed by atoms with Crippen molar-refractivity contribution < 1.29 is 10.2 Å². The monoisotopic (exact) mass is 483 g/mol. The predicted molar refractivity (Wildman–Crippen MR) is 153 cm³/mol. The Morgan fingerprint density at radius 1 is 0.294 bits per heavy atom. The number of aliphatic hydroxyl groups is 2. The Kier molecular flexibility index (Phi) is 29.1. The van der Waals surface area contributed by atoms with Crippen LogP contribution in [0.3, 0.4) is 0 Å². The normalized spacial score (nSPS) is 13.4. The van der Waals surface area contributed by atoms with Crippen molar-refractivity contribution in [3.8, 4) is 0 Å². The molecule has 0 bridgehead atoms. The maximum atomic E-state index is 10.2. The Morgan fingerprint density at radius 3 is 0.676 bits per heavy atom. The molecule has 0 rings (SSSR count). The third-order valence-corrected chi connectivity index (χ3v) is 7.65. The highest BCUT2D eigenvalue weighted by Gasteiger charge is 2.15. The van der Waals surface area contributed by atoms with Crippen molar-refractivity contribution in [3.63, 3.8) is 0 Å². The molecule has 0 spiro atoms. The first-order valence-corrected chi connectivity index (χ1v) is 16.1. The average molecular weight is 483 g/mol. The number of rotatable bonds is 29. The van der Waals surface area contributed by atoms with E-state index in [4.69, 9.17) is 0 Å². The van der Waals surface area contributed by atoms with Gasteiger partial charge >= 0.3 is 0 Å². The van der Waals surface area contributed by atoms with Crippen LogP contribution in [-0.4, -0.2) is 22.4 Å². The molecule has 34 heavy (non-hydrogen) atoms. The Bertz CT molecular complexity index is 323. The number of aliphatic hydroxyl groups excluding tert-OH is 2. The molecule has 0 aromatic heterocycles. The van der Waals surface area contributed by atoms with E-state index in [0.29, 0.717) is 0 Å². The zero-order valence-electron chi connectivity index (χ0n) is 23.8. The van der Waals surface area contributed by atoms with Gasteiger partial charge in [0.25, 0.3) is 0 Å². The molecule has 0 heterocycles. The molecule has 0 aromatic rings. The zero-order valence-corrected chi connectivity index (χ0v) is 23.8. The zero-order chi connectivity index (χ0) is 25.0. The van der Waals surface area contributed by atoms with Gasteiger partial charge in [-0.05, 0) is 12.8 Å². The molecule has 2 heteroatoms. The largest absolute Gasteiger partial charge is 0.390 e. The molecule has 0 saturated carbocycles. The molecular formula is C32H66O2. The van der Waals surface area contributed by atoms with E-state index in [2.05, 4.69) is 13.8 Å². The maximum absolute atomic E-state index is 10.2. The fourth-order valence-corrected chi connectivity index (χ4v) is 5.13. The first kappa shape index (κ1) is 33.9. The van der Waals surface area contributed by atoms with Crippen LogP contribution in [0.4, 0.5) is 0 Å². The summed E-state index contributed by atoms with van der Waals surface area (Å²) in [6.07, 6.45) is 35.6. The minimum Gasteiger partial charge on any atom is -0.390 e. The second kappa shape index (κ2) is 29.2. The van der Waals surface area contributed by atoms with Crippen molar-refractivity contribution in [1.82, 2.24) is 0 Å². The predicted octanol–water partition coefficient (Wildman–Crippen LogP) is 10.7. The van der Waals surface area contributed by atoms with Crippen molar-refractivity contribution >= 4 is 0 Å². The first-order valence-electron chi connectivity index (χ1n) is 16.1. The number of unbranched alkanes of at least 4 members (excludes halogenated alkanes) is 24. The molecule has 0 aliphatic heterocycles. The van der Waals surface area contributed by atoms with Crippen LogP contribution in [0.1, 0.15) is 194 Å². The van der Waals surface area contributed by atoms with Crippen molar-refractivity contribution in [2.75, 3.05) is 0 Å². The fraction of sp³-hybridized carbons (Fsp3) is 1.00. The summed E-state index contributed by atoms with van der Waals surface area (Å²) in [7, 11) is 0. The van der Waals surface area contributed by atoms with Gasteiger partial charge in [0, 0.05) is 0 Å². The van der Waals surface area contributed by atoms with Gasteiger partial charge in [-0.1, -0.05) is 181 Å². The van der Waals surface area contributed by atoms with Gasteiger partial charge < -0.3 is 10.2 Å². The van der Waals surface area contributed by atoms with Gasteiger partial charge in [-0.2, -0.15) is 0 Å². The van der Waals surface area contributed by atoms with Gasteiger partial charge in [-0.3, -0.25) is 0 Å². The highest BCUT2D eigenvalue weighted by atomic mass is 16.3. The highest BCUT2D eigenvalue weighted by molar-refractivity contribution is 4.67. The molecule has 2 atom stereocenters. The summed E-state index contributed by atoms with van der Waals surface area (Å²) in [5, 5.41) is 20.5. The Hall–Kier alpha value is -0.0800. The molecule has 0 aliphatic carbocycles. The van der Waals surface area contributed by atoms with E-state index in [-0.39, 0.29) is 0 Å². The standard InChI is InChI=1S/C32H66O2/c1-3-5-7-9-11-13-15-17-19-21-23-25-27-29-31(33)32(34)30-28-26-24-22-20-18-16-14-12-10-8-6-4-2/h31-34H,3-30H2,1-2H3. The Labute approximate surface area is 216 Å². The van der Waals surface area contributed by atoms with Crippen LogP contribution in [-0.2, 0) is 0 Å². The number of hydrogen-bond acceptors (Lipinski definition) is 2. The lowest BCUT2D eigenvalue weighted by atomic mass is 9.99. The maximum Gasteiger partial charge on any atom is 0.0799 e. The molecule has 206 valence electrons. The van der Waals surface area contributed by atoms with E-state index in [9.17, 15) is 10.2 Å². The molecular weight excluding hydrogens is 416 g/mol. The molecule has 0 radical (unpaired) electrons. The van der Waals surface area contributed by atoms with Crippen LogP contribution >= 0.6 is 0 Å². The molecule has 0 amide bonds. The number of hydrogen-bond donors (Lipinski definition) is 2. The third kappa shape index (κ3) is 26.5. The molecule has 2 nitrogen and oxygen atoms in total. The Balaban J connectivity index is 3.28. The summed E-state index contributed by atoms with van der Waals surface area (Å²) in [5.74, 6) is 0. The SMILES string of the molecule is CCCCCCCCCCCCCCCC(O)C(O)CCCCCCCCCCCCCCC. The highest BCUT2D eigenvalue weighted by Crippen LogP contribution is 2.17. The van der Waals surface area contributed by atoms with E-state index >= 15 is 0 Å².